The van der Waals surface area contributed by atoms with Crippen LogP contribution in [0.4, 0.5) is 8.78 Å². The SMILES string of the molecule is CC(C)CCOc1c(F)cc(C=NN=C2NC(=O)CS2)cc1F. The molecule has 23 heavy (non-hydrogen) atoms. The first-order chi connectivity index (χ1) is 11.0. The third-order valence-electron chi connectivity index (χ3n) is 2.90. The minimum Gasteiger partial charge on any atom is -0.488 e. The third-order valence-corrected chi connectivity index (χ3v) is 3.77. The fourth-order valence-corrected chi connectivity index (χ4v) is 2.35. The number of carbonyl (C=O) groups is 1. The van der Waals surface area contributed by atoms with E-state index in [9.17, 15) is 13.6 Å². The van der Waals surface area contributed by atoms with E-state index < -0.39 is 11.6 Å². The van der Waals surface area contributed by atoms with Gasteiger partial charge in [-0.25, -0.2) is 8.78 Å². The van der Waals surface area contributed by atoms with Crippen LogP contribution in [0.3, 0.4) is 0 Å². The van der Waals surface area contributed by atoms with Gasteiger partial charge in [0.05, 0.1) is 18.6 Å². The maximum absolute atomic E-state index is 13.9. The van der Waals surface area contributed by atoms with Crippen LogP contribution in [0, 0.1) is 17.6 Å². The number of thioether (sulfide) groups is 1. The first-order valence-electron chi connectivity index (χ1n) is 7.11. The Bertz CT molecular complexity index is 625. The van der Waals surface area contributed by atoms with Gasteiger partial charge in [0, 0.05) is 5.56 Å². The summed E-state index contributed by atoms with van der Waals surface area (Å²) in [6, 6.07) is 2.25. The van der Waals surface area contributed by atoms with Crippen LogP contribution in [-0.2, 0) is 4.79 Å². The molecule has 1 amide bonds. The zero-order chi connectivity index (χ0) is 16.8. The van der Waals surface area contributed by atoms with Gasteiger partial charge >= 0.3 is 0 Å². The molecular formula is C15H17F2N3O2S. The van der Waals surface area contributed by atoms with E-state index in [0.29, 0.717) is 23.3 Å². The van der Waals surface area contributed by atoms with Crippen LogP contribution in [0.5, 0.6) is 5.75 Å². The van der Waals surface area contributed by atoms with Crippen molar-refractivity contribution in [3.05, 3.63) is 29.3 Å². The van der Waals surface area contributed by atoms with Gasteiger partial charge in [0.15, 0.2) is 22.6 Å². The van der Waals surface area contributed by atoms with E-state index in [-0.39, 0.29) is 23.8 Å². The van der Waals surface area contributed by atoms with E-state index in [1.165, 1.54) is 18.0 Å². The van der Waals surface area contributed by atoms with Crippen LogP contribution in [0.1, 0.15) is 25.8 Å². The second-order valence-electron chi connectivity index (χ2n) is 5.33. The lowest BCUT2D eigenvalue weighted by Gasteiger charge is -2.10. The maximum atomic E-state index is 13.9. The van der Waals surface area contributed by atoms with Crippen molar-refractivity contribution in [2.45, 2.75) is 20.3 Å². The molecule has 8 heteroatoms. The quantitative estimate of drug-likeness (QED) is 0.639. The summed E-state index contributed by atoms with van der Waals surface area (Å²) in [5, 5.41) is 10.3. The fraction of sp³-hybridized carbons (Fsp3) is 0.400. The summed E-state index contributed by atoms with van der Waals surface area (Å²) >= 11 is 1.21. The maximum Gasteiger partial charge on any atom is 0.236 e. The highest BCUT2D eigenvalue weighted by Crippen LogP contribution is 2.23. The van der Waals surface area contributed by atoms with Gasteiger partial charge in [-0.3, -0.25) is 4.79 Å². The lowest BCUT2D eigenvalue weighted by molar-refractivity contribution is -0.116. The number of amides is 1. The number of amidine groups is 1. The molecule has 124 valence electrons. The van der Waals surface area contributed by atoms with Crippen LogP contribution < -0.4 is 10.1 Å². The van der Waals surface area contributed by atoms with Crippen LogP contribution >= 0.6 is 11.8 Å². The van der Waals surface area contributed by atoms with Crippen molar-refractivity contribution in [3.8, 4) is 5.75 Å². The minimum atomic E-state index is -0.786. The van der Waals surface area contributed by atoms with Crippen molar-refractivity contribution >= 4 is 29.1 Å². The molecule has 0 saturated carbocycles. The molecule has 0 aromatic heterocycles. The second kappa shape index (κ2) is 8.05. The Morgan fingerprint density at radius 3 is 2.65 bits per heavy atom. The van der Waals surface area contributed by atoms with Gasteiger partial charge in [0.25, 0.3) is 0 Å². The van der Waals surface area contributed by atoms with Gasteiger partial charge in [-0.2, -0.15) is 5.10 Å². The van der Waals surface area contributed by atoms with Crippen LogP contribution in [0.15, 0.2) is 22.3 Å². The van der Waals surface area contributed by atoms with E-state index in [2.05, 4.69) is 15.5 Å². The molecule has 0 atom stereocenters. The standard InChI is InChI=1S/C15H17F2N3O2S/c1-9(2)3-4-22-14-11(16)5-10(6-12(14)17)7-18-20-15-19-13(21)8-23-15/h5-7,9H,3-4,8H2,1-2H3,(H,19,20,21). The molecule has 1 aromatic rings. The van der Waals surface area contributed by atoms with Crippen molar-refractivity contribution in [3.63, 3.8) is 0 Å². The van der Waals surface area contributed by atoms with E-state index >= 15 is 0 Å². The first-order valence-corrected chi connectivity index (χ1v) is 8.09. The van der Waals surface area contributed by atoms with Gasteiger partial charge in [-0.05, 0) is 24.5 Å². The topological polar surface area (TPSA) is 63.1 Å². The highest BCUT2D eigenvalue weighted by Gasteiger charge is 2.16. The monoisotopic (exact) mass is 341 g/mol. The number of nitrogens with zero attached hydrogens (tertiary/aromatic N) is 2. The number of hydrogen-bond acceptors (Lipinski definition) is 5. The second-order valence-corrected chi connectivity index (χ2v) is 6.30. The van der Waals surface area contributed by atoms with Gasteiger partial charge < -0.3 is 10.1 Å². The van der Waals surface area contributed by atoms with Gasteiger partial charge in [-0.15, -0.1) is 5.10 Å². The summed E-state index contributed by atoms with van der Waals surface area (Å²) in [4.78, 5) is 11.0. The molecule has 0 spiro atoms. The average molecular weight is 341 g/mol. The van der Waals surface area contributed by atoms with Crippen molar-refractivity contribution in [1.29, 1.82) is 0 Å². The Morgan fingerprint density at radius 1 is 1.39 bits per heavy atom. The molecule has 1 aromatic carbocycles. The lowest BCUT2D eigenvalue weighted by Crippen LogP contribution is -2.19. The fourth-order valence-electron chi connectivity index (χ4n) is 1.72. The minimum absolute atomic E-state index is 0.149. The normalized spacial score (nSPS) is 16.6. The van der Waals surface area contributed by atoms with Gasteiger partial charge in [0.1, 0.15) is 0 Å². The number of carbonyl (C=O) groups excluding carboxylic acids is 1. The molecule has 0 radical (unpaired) electrons. The van der Waals surface area contributed by atoms with Crippen LogP contribution in [-0.4, -0.2) is 29.6 Å². The number of ether oxygens (including phenoxy) is 1. The Kier molecular flexibility index (Phi) is 6.09. The molecule has 1 aliphatic rings. The molecule has 2 rings (SSSR count). The van der Waals surface area contributed by atoms with E-state index in [1.54, 1.807) is 0 Å². The highest BCUT2D eigenvalue weighted by atomic mass is 32.2. The number of halogens is 2. The Balaban J connectivity index is 2.02. The summed E-state index contributed by atoms with van der Waals surface area (Å²) in [6.45, 7) is 4.26. The van der Waals surface area contributed by atoms with E-state index in [1.807, 2.05) is 13.8 Å². The molecule has 1 N–H and O–H groups in total. The number of hydrogen-bond donors (Lipinski definition) is 1. The summed E-state index contributed by atoms with van der Waals surface area (Å²) < 4.78 is 32.9. The van der Waals surface area contributed by atoms with Gasteiger partial charge in [0.2, 0.25) is 5.91 Å². The predicted octanol–water partition coefficient (Wildman–Crippen LogP) is 2.94. The lowest BCUT2D eigenvalue weighted by atomic mass is 10.1. The predicted molar refractivity (Wildman–Crippen MR) is 86.9 cm³/mol. The molecule has 5 nitrogen and oxygen atoms in total. The smallest absolute Gasteiger partial charge is 0.236 e. The van der Waals surface area contributed by atoms with E-state index in [4.69, 9.17) is 4.74 Å². The number of benzene rings is 1. The number of nitrogens with one attached hydrogen (secondary N) is 1. The molecule has 1 fully saturated rings. The molecule has 0 aliphatic carbocycles. The van der Waals surface area contributed by atoms with Crippen LogP contribution in [0.2, 0.25) is 0 Å². The molecule has 0 bridgehead atoms. The molecular weight excluding hydrogens is 324 g/mol. The summed E-state index contributed by atoms with van der Waals surface area (Å²) in [5.74, 6) is -1.42. The average Bonchev–Trinajstić information content (AvgIpc) is 2.87. The number of rotatable bonds is 6. The Hall–Kier alpha value is -1.96. The van der Waals surface area contributed by atoms with Crippen molar-refractivity contribution in [1.82, 2.24) is 5.32 Å². The highest BCUT2D eigenvalue weighted by molar-refractivity contribution is 8.15. The Labute approximate surface area is 137 Å². The molecule has 1 saturated heterocycles. The van der Waals surface area contributed by atoms with Crippen molar-refractivity contribution in [2.24, 2.45) is 16.1 Å². The van der Waals surface area contributed by atoms with Gasteiger partial charge in [-0.1, -0.05) is 25.6 Å². The zero-order valence-corrected chi connectivity index (χ0v) is 13.6. The molecule has 1 heterocycles. The summed E-state index contributed by atoms with van der Waals surface area (Å²) in [5.41, 5.74) is 0.217. The van der Waals surface area contributed by atoms with Crippen molar-refractivity contribution < 1.29 is 18.3 Å². The zero-order valence-electron chi connectivity index (χ0n) is 12.8. The third kappa shape index (κ3) is 5.31. The van der Waals surface area contributed by atoms with Crippen molar-refractivity contribution in [2.75, 3.05) is 12.4 Å². The van der Waals surface area contributed by atoms with E-state index in [0.717, 1.165) is 12.1 Å². The van der Waals surface area contributed by atoms with Crippen LogP contribution in [0.25, 0.3) is 0 Å². The summed E-state index contributed by atoms with van der Waals surface area (Å²) in [7, 11) is 0. The molecule has 1 aliphatic heterocycles. The molecule has 0 unspecified atom stereocenters. The summed E-state index contributed by atoms with van der Waals surface area (Å²) in [6.07, 6.45) is 1.92. The largest absolute Gasteiger partial charge is 0.488 e. The Morgan fingerprint density at radius 2 is 2.09 bits per heavy atom. The first kappa shape index (κ1) is 17.4.